The SMILES string of the molecule is Cc1ccc2[nH]c(=O)n(-c3ccccc3O)c2c1. The van der Waals surface area contributed by atoms with Crippen LogP contribution in [0.25, 0.3) is 16.7 Å². The Labute approximate surface area is 103 Å². The summed E-state index contributed by atoms with van der Waals surface area (Å²) in [5, 5.41) is 9.86. The topological polar surface area (TPSA) is 58.0 Å². The van der Waals surface area contributed by atoms with E-state index in [4.69, 9.17) is 0 Å². The predicted molar refractivity (Wildman–Crippen MR) is 70.3 cm³/mol. The number of aromatic nitrogens is 2. The van der Waals surface area contributed by atoms with Gasteiger partial charge in [-0.15, -0.1) is 0 Å². The molecule has 0 atom stereocenters. The zero-order valence-electron chi connectivity index (χ0n) is 9.84. The van der Waals surface area contributed by atoms with Crippen LogP contribution >= 0.6 is 0 Å². The second-order valence-corrected chi connectivity index (χ2v) is 4.27. The number of nitrogens with zero attached hydrogens (tertiary/aromatic N) is 1. The summed E-state index contributed by atoms with van der Waals surface area (Å²) in [6, 6.07) is 12.5. The number of imidazole rings is 1. The van der Waals surface area contributed by atoms with Crippen LogP contribution in [0.5, 0.6) is 5.75 Å². The molecule has 3 aromatic rings. The van der Waals surface area contributed by atoms with Crippen LogP contribution in [0.2, 0.25) is 0 Å². The first-order valence-electron chi connectivity index (χ1n) is 5.66. The minimum absolute atomic E-state index is 0.0852. The van der Waals surface area contributed by atoms with E-state index < -0.39 is 0 Å². The summed E-state index contributed by atoms with van der Waals surface area (Å²) in [5.41, 5.74) is 2.82. The first-order valence-corrected chi connectivity index (χ1v) is 5.66. The molecular formula is C14H12N2O2. The number of phenolic OH excluding ortho intramolecular Hbond substituents is 1. The third-order valence-corrected chi connectivity index (χ3v) is 2.96. The van der Waals surface area contributed by atoms with Crippen LogP contribution in [0, 0.1) is 6.92 Å². The van der Waals surface area contributed by atoms with Gasteiger partial charge in [-0.1, -0.05) is 18.2 Å². The molecule has 2 N–H and O–H groups in total. The van der Waals surface area contributed by atoms with Gasteiger partial charge in [0.1, 0.15) is 5.75 Å². The van der Waals surface area contributed by atoms with Gasteiger partial charge in [0, 0.05) is 0 Å². The predicted octanol–water partition coefficient (Wildman–Crippen LogP) is 2.33. The Morgan fingerprint density at radius 3 is 2.72 bits per heavy atom. The van der Waals surface area contributed by atoms with Gasteiger partial charge in [-0.05, 0) is 36.8 Å². The summed E-state index contributed by atoms with van der Waals surface area (Å²) >= 11 is 0. The van der Waals surface area contributed by atoms with E-state index in [1.165, 1.54) is 4.57 Å². The Morgan fingerprint density at radius 1 is 1.17 bits per heavy atom. The normalized spacial score (nSPS) is 10.9. The number of hydrogen-bond donors (Lipinski definition) is 2. The molecule has 1 heterocycles. The minimum atomic E-state index is -0.253. The van der Waals surface area contributed by atoms with Crippen molar-refractivity contribution in [1.29, 1.82) is 0 Å². The van der Waals surface area contributed by atoms with Gasteiger partial charge in [-0.25, -0.2) is 4.79 Å². The Morgan fingerprint density at radius 2 is 1.94 bits per heavy atom. The third kappa shape index (κ3) is 1.50. The fourth-order valence-electron chi connectivity index (χ4n) is 2.11. The van der Waals surface area contributed by atoms with Crippen LogP contribution in [0.15, 0.2) is 47.3 Å². The lowest BCUT2D eigenvalue weighted by atomic mass is 10.2. The number of rotatable bonds is 1. The standard InChI is InChI=1S/C14H12N2O2/c1-9-6-7-10-12(8-9)16(14(18)15-10)11-4-2-3-5-13(11)17/h2-8,17H,1H3,(H,15,18). The average molecular weight is 240 g/mol. The molecule has 0 spiro atoms. The van der Waals surface area contributed by atoms with Crippen molar-refractivity contribution in [2.45, 2.75) is 6.92 Å². The lowest BCUT2D eigenvalue weighted by Gasteiger charge is -2.05. The van der Waals surface area contributed by atoms with Crippen molar-refractivity contribution < 1.29 is 5.11 Å². The van der Waals surface area contributed by atoms with Crippen molar-refractivity contribution in [2.75, 3.05) is 0 Å². The lowest BCUT2D eigenvalue weighted by molar-refractivity contribution is 0.472. The number of para-hydroxylation sites is 2. The maximum absolute atomic E-state index is 12.0. The molecule has 0 aliphatic carbocycles. The molecule has 0 saturated heterocycles. The van der Waals surface area contributed by atoms with E-state index in [-0.39, 0.29) is 11.4 Å². The molecule has 0 radical (unpaired) electrons. The molecule has 0 unspecified atom stereocenters. The van der Waals surface area contributed by atoms with Gasteiger partial charge >= 0.3 is 5.69 Å². The van der Waals surface area contributed by atoms with Crippen molar-refractivity contribution in [3.05, 3.63) is 58.5 Å². The summed E-state index contributed by atoms with van der Waals surface area (Å²) in [5.74, 6) is 0.0852. The average Bonchev–Trinajstić information content (AvgIpc) is 2.66. The van der Waals surface area contributed by atoms with Crippen LogP contribution in [0.3, 0.4) is 0 Å². The monoisotopic (exact) mass is 240 g/mol. The van der Waals surface area contributed by atoms with Crippen molar-refractivity contribution >= 4 is 11.0 Å². The summed E-state index contributed by atoms with van der Waals surface area (Å²) in [4.78, 5) is 14.8. The number of H-pyrrole nitrogens is 1. The number of benzene rings is 2. The minimum Gasteiger partial charge on any atom is -0.506 e. The van der Waals surface area contributed by atoms with Crippen molar-refractivity contribution in [3.63, 3.8) is 0 Å². The van der Waals surface area contributed by atoms with Crippen molar-refractivity contribution in [1.82, 2.24) is 9.55 Å². The highest BCUT2D eigenvalue weighted by atomic mass is 16.3. The number of aromatic amines is 1. The van der Waals surface area contributed by atoms with E-state index in [1.807, 2.05) is 25.1 Å². The molecule has 0 bridgehead atoms. The highest BCUT2D eigenvalue weighted by Gasteiger charge is 2.11. The van der Waals surface area contributed by atoms with Crippen molar-refractivity contribution in [3.8, 4) is 11.4 Å². The molecule has 1 aromatic heterocycles. The second kappa shape index (κ2) is 3.77. The number of aromatic hydroxyl groups is 1. The number of phenols is 1. The maximum atomic E-state index is 12.0. The van der Waals surface area contributed by atoms with Gasteiger partial charge < -0.3 is 10.1 Å². The van der Waals surface area contributed by atoms with Gasteiger partial charge in [0.2, 0.25) is 0 Å². The van der Waals surface area contributed by atoms with E-state index in [0.717, 1.165) is 16.6 Å². The van der Waals surface area contributed by atoms with Crippen LogP contribution in [-0.2, 0) is 0 Å². The molecule has 2 aromatic carbocycles. The highest BCUT2D eigenvalue weighted by molar-refractivity contribution is 5.78. The van der Waals surface area contributed by atoms with Gasteiger partial charge in [0.15, 0.2) is 0 Å². The van der Waals surface area contributed by atoms with Crippen LogP contribution < -0.4 is 5.69 Å². The molecule has 4 nitrogen and oxygen atoms in total. The van der Waals surface area contributed by atoms with Gasteiger partial charge in [0.05, 0.1) is 16.7 Å². The Kier molecular flexibility index (Phi) is 2.23. The fourth-order valence-corrected chi connectivity index (χ4v) is 2.11. The van der Waals surface area contributed by atoms with Gasteiger partial charge in [-0.2, -0.15) is 0 Å². The fraction of sp³-hybridized carbons (Fsp3) is 0.0714. The number of aryl methyl sites for hydroxylation is 1. The zero-order chi connectivity index (χ0) is 12.7. The molecule has 0 aliphatic rings. The van der Waals surface area contributed by atoms with Gasteiger partial charge in [0.25, 0.3) is 0 Å². The molecule has 3 rings (SSSR count). The number of fused-ring (bicyclic) bond motifs is 1. The summed E-state index contributed by atoms with van der Waals surface area (Å²) in [7, 11) is 0. The summed E-state index contributed by atoms with van der Waals surface area (Å²) < 4.78 is 1.48. The smallest absolute Gasteiger partial charge is 0.331 e. The Bertz CT molecular complexity index is 784. The second-order valence-electron chi connectivity index (χ2n) is 4.27. The molecule has 0 saturated carbocycles. The lowest BCUT2D eigenvalue weighted by Crippen LogP contribution is -2.14. The van der Waals surface area contributed by atoms with Crippen LogP contribution in [-0.4, -0.2) is 14.7 Å². The first-order chi connectivity index (χ1) is 8.66. The quantitative estimate of drug-likeness (QED) is 0.685. The molecule has 0 amide bonds. The Balaban J connectivity index is 2.42. The molecule has 90 valence electrons. The molecular weight excluding hydrogens is 228 g/mol. The number of hydrogen-bond acceptors (Lipinski definition) is 2. The van der Waals surface area contributed by atoms with E-state index in [2.05, 4.69) is 4.98 Å². The van der Waals surface area contributed by atoms with E-state index in [9.17, 15) is 9.90 Å². The van der Waals surface area contributed by atoms with E-state index in [0.29, 0.717) is 5.69 Å². The van der Waals surface area contributed by atoms with Gasteiger partial charge in [-0.3, -0.25) is 4.57 Å². The maximum Gasteiger partial charge on any atom is 0.331 e. The van der Waals surface area contributed by atoms with E-state index in [1.54, 1.807) is 24.3 Å². The van der Waals surface area contributed by atoms with E-state index >= 15 is 0 Å². The van der Waals surface area contributed by atoms with Crippen molar-refractivity contribution in [2.24, 2.45) is 0 Å². The summed E-state index contributed by atoms with van der Waals surface area (Å²) in [6.45, 7) is 1.96. The first kappa shape index (κ1) is 10.7. The molecule has 0 aliphatic heterocycles. The molecule has 0 fully saturated rings. The highest BCUT2D eigenvalue weighted by Crippen LogP contribution is 2.23. The third-order valence-electron chi connectivity index (χ3n) is 2.96. The van der Waals surface area contributed by atoms with Crippen LogP contribution in [0.4, 0.5) is 0 Å². The summed E-state index contributed by atoms with van der Waals surface area (Å²) in [6.07, 6.45) is 0. The zero-order valence-corrected chi connectivity index (χ0v) is 9.84. The largest absolute Gasteiger partial charge is 0.506 e. The van der Waals surface area contributed by atoms with Crippen LogP contribution in [0.1, 0.15) is 5.56 Å². The Hall–Kier alpha value is -2.49. The number of nitrogens with one attached hydrogen (secondary N) is 1. The molecule has 4 heteroatoms. The molecule has 18 heavy (non-hydrogen) atoms.